The van der Waals surface area contributed by atoms with Gasteiger partial charge in [-0.2, -0.15) is 0 Å². The molecule has 2 heterocycles. The zero-order chi connectivity index (χ0) is 12.9. The number of nitrogens with zero attached hydrogens (tertiary/aromatic N) is 3. The quantitative estimate of drug-likeness (QED) is 0.791. The molecule has 3 unspecified atom stereocenters. The molecule has 2 aromatic heterocycles. The summed E-state index contributed by atoms with van der Waals surface area (Å²) in [7, 11) is 0. The van der Waals surface area contributed by atoms with Crippen molar-refractivity contribution < 1.29 is 0 Å². The predicted molar refractivity (Wildman–Crippen MR) is 73.8 cm³/mol. The van der Waals surface area contributed by atoms with Crippen LogP contribution in [0.3, 0.4) is 0 Å². The van der Waals surface area contributed by atoms with E-state index in [0.29, 0.717) is 0 Å². The zero-order valence-corrected chi connectivity index (χ0v) is 11.8. The molecule has 3 nitrogen and oxygen atoms in total. The molecule has 0 aromatic carbocycles. The van der Waals surface area contributed by atoms with Gasteiger partial charge in [0.1, 0.15) is 11.3 Å². The van der Waals surface area contributed by atoms with Crippen molar-refractivity contribution in [1.82, 2.24) is 14.5 Å². The summed E-state index contributed by atoms with van der Waals surface area (Å²) in [4.78, 5) is 9.18. The number of fused-ring (bicyclic) bond motifs is 1. The van der Waals surface area contributed by atoms with Crippen molar-refractivity contribution in [3.63, 3.8) is 0 Å². The first kappa shape index (κ1) is 12.0. The number of alkyl halides is 1. The molecule has 1 aliphatic rings. The van der Waals surface area contributed by atoms with Crippen LogP contribution in [-0.2, 0) is 6.54 Å². The summed E-state index contributed by atoms with van der Waals surface area (Å²) in [5.74, 6) is 2.54. The summed E-state index contributed by atoms with van der Waals surface area (Å²) < 4.78 is 2.22. The molecule has 3 rings (SSSR count). The lowest BCUT2D eigenvalue weighted by Gasteiger charge is -2.09. The van der Waals surface area contributed by atoms with Crippen molar-refractivity contribution in [2.75, 3.05) is 0 Å². The average Bonchev–Trinajstić information content (AvgIpc) is 2.87. The Morgan fingerprint density at radius 1 is 1.56 bits per heavy atom. The topological polar surface area (TPSA) is 30.7 Å². The van der Waals surface area contributed by atoms with Crippen LogP contribution in [0.5, 0.6) is 0 Å². The molecule has 0 spiro atoms. The third-order valence-electron chi connectivity index (χ3n) is 3.91. The van der Waals surface area contributed by atoms with Gasteiger partial charge in [-0.25, -0.2) is 9.97 Å². The summed E-state index contributed by atoms with van der Waals surface area (Å²) >= 11 is 6.26. The minimum Gasteiger partial charge on any atom is -0.311 e. The zero-order valence-electron chi connectivity index (χ0n) is 11.0. The molecule has 4 heteroatoms. The molecule has 18 heavy (non-hydrogen) atoms. The second-order valence-corrected chi connectivity index (χ2v) is 6.12. The molecule has 1 fully saturated rings. The van der Waals surface area contributed by atoms with Crippen LogP contribution in [0.4, 0.5) is 0 Å². The van der Waals surface area contributed by atoms with Crippen LogP contribution in [0.15, 0.2) is 12.3 Å². The summed E-state index contributed by atoms with van der Waals surface area (Å²) in [6, 6.07) is 2.00. The van der Waals surface area contributed by atoms with Gasteiger partial charge in [-0.1, -0.05) is 6.92 Å². The lowest BCUT2D eigenvalue weighted by Crippen LogP contribution is -2.07. The Hall–Kier alpha value is -1.09. The smallest absolute Gasteiger partial charge is 0.160 e. The number of hydrogen-bond donors (Lipinski definition) is 0. The van der Waals surface area contributed by atoms with Gasteiger partial charge in [0, 0.05) is 12.7 Å². The number of hydrogen-bond acceptors (Lipinski definition) is 2. The third kappa shape index (κ3) is 1.91. The molecule has 0 N–H and O–H groups in total. The van der Waals surface area contributed by atoms with Gasteiger partial charge in [-0.15, -0.1) is 11.6 Å². The first-order valence-electron chi connectivity index (χ1n) is 6.53. The fourth-order valence-electron chi connectivity index (χ4n) is 2.53. The molecule has 2 aromatic rings. The standard InChI is InChI=1S/C14H18ClN3/c1-8-4-5-16-14-12(8)17-13(10(3)15)18(14)7-11-6-9(11)2/h4-5,9-11H,6-7H2,1-3H3. The van der Waals surface area contributed by atoms with Gasteiger partial charge >= 0.3 is 0 Å². The molecule has 0 bridgehead atoms. The van der Waals surface area contributed by atoms with E-state index < -0.39 is 0 Å². The Morgan fingerprint density at radius 3 is 2.89 bits per heavy atom. The van der Waals surface area contributed by atoms with Crippen LogP contribution in [0.1, 0.15) is 37.0 Å². The first-order valence-corrected chi connectivity index (χ1v) is 6.97. The van der Waals surface area contributed by atoms with E-state index >= 15 is 0 Å². The lowest BCUT2D eigenvalue weighted by atomic mass is 10.3. The minimum absolute atomic E-state index is 0.0762. The van der Waals surface area contributed by atoms with Gasteiger partial charge in [0.2, 0.25) is 0 Å². The van der Waals surface area contributed by atoms with Crippen LogP contribution in [0, 0.1) is 18.8 Å². The molecule has 1 aliphatic carbocycles. The molecular weight excluding hydrogens is 246 g/mol. The van der Waals surface area contributed by atoms with Gasteiger partial charge in [0.25, 0.3) is 0 Å². The molecular formula is C14H18ClN3. The van der Waals surface area contributed by atoms with Gasteiger partial charge < -0.3 is 4.57 Å². The SMILES string of the molecule is Cc1ccnc2c1nc(C(C)Cl)n2CC1CC1C. The summed E-state index contributed by atoms with van der Waals surface area (Å²) in [6.45, 7) is 7.35. The highest BCUT2D eigenvalue weighted by molar-refractivity contribution is 6.20. The molecule has 0 aliphatic heterocycles. The second kappa shape index (κ2) is 4.23. The monoisotopic (exact) mass is 263 g/mol. The normalized spacial score (nSPS) is 24.4. The van der Waals surface area contributed by atoms with E-state index in [0.717, 1.165) is 35.4 Å². The molecule has 0 radical (unpaired) electrons. The Balaban J connectivity index is 2.12. The molecule has 96 valence electrons. The maximum absolute atomic E-state index is 6.26. The minimum atomic E-state index is -0.0762. The van der Waals surface area contributed by atoms with E-state index in [1.807, 2.05) is 19.2 Å². The van der Waals surface area contributed by atoms with Crippen molar-refractivity contribution >= 4 is 22.8 Å². The van der Waals surface area contributed by atoms with E-state index in [1.54, 1.807) is 0 Å². The third-order valence-corrected chi connectivity index (χ3v) is 4.11. The van der Waals surface area contributed by atoms with Crippen molar-refractivity contribution in [2.45, 2.75) is 39.1 Å². The fourth-order valence-corrected chi connectivity index (χ4v) is 2.69. The highest BCUT2D eigenvalue weighted by Gasteiger charge is 2.34. The van der Waals surface area contributed by atoms with Gasteiger partial charge in [-0.3, -0.25) is 0 Å². The molecule has 3 atom stereocenters. The fraction of sp³-hybridized carbons (Fsp3) is 0.571. The molecule has 0 amide bonds. The Morgan fingerprint density at radius 2 is 2.28 bits per heavy atom. The van der Waals surface area contributed by atoms with E-state index in [9.17, 15) is 0 Å². The average molecular weight is 264 g/mol. The predicted octanol–water partition coefficient (Wildman–Crippen LogP) is 3.70. The lowest BCUT2D eigenvalue weighted by molar-refractivity contribution is 0.578. The van der Waals surface area contributed by atoms with Crippen molar-refractivity contribution in [1.29, 1.82) is 0 Å². The number of halogens is 1. The highest BCUT2D eigenvalue weighted by Crippen LogP contribution is 2.40. The van der Waals surface area contributed by atoms with Crippen LogP contribution in [0.2, 0.25) is 0 Å². The largest absolute Gasteiger partial charge is 0.311 e. The second-order valence-electron chi connectivity index (χ2n) is 5.47. The number of pyridine rings is 1. The molecule has 1 saturated carbocycles. The molecule has 0 saturated heterocycles. The van der Waals surface area contributed by atoms with E-state index in [-0.39, 0.29) is 5.38 Å². The van der Waals surface area contributed by atoms with Gasteiger partial charge in [0.05, 0.1) is 5.38 Å². The van der Waals surface area contributed by atoms with Crippen molar-refractivity contribution in [2.24, 2.45) is 11.8 Å². The maximum atomic E-state index is 6.26. The van der Waals surface area contributed by atoms with Crippen molar-refractivity contribution in [3.8, 4) is 0 Å². The van der Waals surface area contributed by atoms with Crippen LogP contribution in [0.25, 0.3) is 11.2 Å². The first-order chi connectivity index (χ1) is 8.58. The number of rotatable bonds is 3. The number of aromatic nitrogens is 3. The summed E-state index contributed by atoms with van der Waals surface area (Å²) in [5, 5.41) is -0.0762. The van der Waals surface area contributed by atoms with Crippen molar-refractivity contribution in [3.05, 3.63) is 23.7 Å². The maximum Gasteiger partial charge on any atom is 0.160 e. The van der Waals surface area contributed by atoms with Gasteiger partial charge in [0.15, 0.2) is 5.65 Å². The Kier molecular flexibility index (Phi) is 2.81. The van der Waals surface area contributed by atoms with E-state index in [4.69, 9.17) is 11.6 Å². The van der Waals surface area contributed by atoms with Crippen LogP contribution < -0.4 is 0 Å². The van der Waals surface area contributed by atoms with Gasteiger partial charge in [-0.05, 0) is 43.7 Å². The van der Waals surface area contributed by atoms with E-state index in [2.05, 4.69) is 28.4 Å². The number of aryl methyl sites for hydroxylation is 1. The summed E-state index contributed by atoms with van der Waals surface area (Å²) in [5.41, 5.74) is 3.14. The van der Waals surface area contributed by atoms with Crippen LogP contribution >= 0.6 is 11.6 Å². The summed E-state index contributed by atoms with van der Waals surface area (Å²) in [6.07, 6.45) is 3.16. The Labute approximate surface area is 112 Å². The number of imidazole rings is 1. The van der Waals surface area contributed by atoms with Crippen LogP contribution in [-0.4, -0.2) is 14.5 Å². The van der Waals surface area contributed by atoms with E-state index in [1.165, 1.54) is 12.0 Å². The highest BCUT2D eigenvalue weighted by atomic mass is 35.5. The Bertz CT molecular complexity index is 588.